The molecular formula is C56H110N2O6P+. The molecule has 9 heteroatoms. The number of amides is 1. The van der Waals surface area contributed by atoms with Crippen LogP contribution in [0.3, 0.4) is 0 Å². The highest BCUT2D eigenvalue weighted by Crippen LogP contribution is 2.43. The minimum atomic E-state index is -4.34. The lowest BCUT2D eigenvalue weighted by molar-refractivity contribution is -0.870. The van der Waals surface area contributed by atoms with Gasteiger partial charge in [-0.2, -0.15) is 0 Å². The first-order chi connectivity index (χ1) is 31.5. The largest absolute Gasteiger partial charge is 0.472 e. The van der Waals surface area contributed by atoms with Gasteiger partial charge in [0.2, 0.25) is 5.91 Å². The fourth-order valence-corrected chi connectivity index (χ4v) is 8.93. The van der Waals surface area contributed by atoms with Crippen LogP contribution in [-0.4, -0.2) is 73.4 Å². The number of aliphatic hydroxyl groups excluding tert-OH is 1. The molecule has 65 heavy (non-hydrogen) atoms. The number of hydrogen-bond acceptors (Lipinski definition) is 5. The Balaban J connectivity index is 4.21. The predicted molar refractivity (Wildman–Crippen MR) is 281 cm³/mol. The molecule has 0 rings (SSSR count). The summed E-state index contributed by atoms with van der Waals surface area (Å²) in [5, 5.41) is 13.9. The molecule has 0 aliphatic heterocycles. The normalized spacial score (nSPS) is 14.3. The van der Waals surface area contributed by atoms with Gasteiger partial charge in [-0.15, -0.1) is 0 Å². The van der Waals surface area contributed by atoms with Crippen molar-refractivity contribution in [1.29, 1.82) is 0 Å². The van der Waals surface area contributed by atoms with Crippen LogP contribution in [0, 0.1) is 0 Å². The molecule has 0 aromatic rings. The summed E-state index contributed by atoms with van der Waals surface area (Å²) in [7, 11) is 1.58. The zero-order chi connectivity index (χ0) is 47.8. The van der Waals surface area contributed by atoms with Crippen LogP contribution in [0.5, 0.6) is 0 Å². The summed E-state index contributed by atoms with van der Waals surface area (Å²) >= 11 is 0. The average Bonchev–Trinajstić information content (AvgIpc) is 3.26. The molecule has 0 saturated heterocycles. The number of nitrogens with one attached hydrogen (secondary N) is 1. The number of likely N-dealkylation sites (N-methyl/N-ethyl adjacent to an activating group) is 1. The SMILES string of the molecule is CCCCCCC/C=C\C/C=C\CCCCCCCCCCCCCCCC(=O)NC(COP(=O)(O)OCC[N+](C)(C)C)C(O)/C=C/CCCCCCCCCCCCCCCCCC. The summed E-state index contributed by atoms with van der Waals surface area (Å²) in [5.41, 5.74) is 0. The number of rotatable bonds is 51. The fraction of sp³-hybridized carbons (Fsp3) is 0.875. The van der Waals surface area contributed by atoms with Crippen LogP contribution in [0.1, 0.15) is 264 Å². The van der Waals surface area contributed by atoms with E-state index in [0.29, 0.717) is 17.4 Å². The fourth-order valence-electron chi connectivity index (χ4n) is 8.19. The molecule has 0 heterocycles. The standard InChI is InChI=1S/C56H109N2O6P/c1-6-8-10-12-14-16-18-20-22-24-26-27-28-29-30-31-32-34-36-38-40-42-44-46-48-50-56(60)57-54(53-64-65(61,62)63-52-51-58(3,4)5)55(59)49-47-45-43-41-39-37-35-33-25-23-21-19-17-15-13-11-9-7-2/h18,20,24,26,47,49,54-55,59H,6-17,19,21-23,25,27-46,48,50-53H2,1-5H3,(H-,57,60,61,62)/p+1/b20-18-,26-24-,49-47+. The average molecular weight is 938 g/mol. The van der Waals surface area contributed by atoms with Gasteiger partial charge in [0.25, 0.3) is 0 Å². The molecule has 0 aromatic heterocycles. The number of phosphoric ester groups is 1. The Kier molecular flexibility index (Phi) is 46.8. The Hall–Kier alpha value is -1.28. The van der Waals surface area contributed by atoms with Crippen LogP contribution in [0.4, 0.5) is 0 Å². The summed E-state index contributed by atoms with van der Waals surface area (Å²) in [4.78, 5) is 23.3. The van der Waals surface area contributed by atoms with E-state index in [4.69, 9.17) is 9.05 Å². The maximum atomic E-state index is 13.0. The van der Waals surface area contributed by atoms with Crippen LogP contribution < -0.4 is 5.32 Å². The lowest BCUT2D eigenvalue weighted by Gasteiger charge is -2.25. The summed E-state index contributed by atoms with van der Waals surface area (Å²) in [6.07, 6.45) is 60.9. The number of carbonyl (C=O) groups excluding carboxylic acids is 1. The van der Waals surface area contributed by atoms with Crippen molar-refractivity contribution in [3.63, 3.8) is 0 Å². The van der Waals surface area contributed by atoms with E-state index in [1.807, 2.05) is 27.2 Å². The van der Waals surface area contributed by atoms with Crippen molar-refractivity contribution in [3.05, 3.63) is 36.5 Å². The Morgan fingerprint density at radius 2 is 0.877 bits per heavy atom. The third kappa shape index (κ3) is 50.4. The molecule has 0 bridgehead atoms. The number of aliphatic hydroxyl groups is 1. The van der Waals surface area contributed by atoms with Gasteiger partial charge < -0.3 is 19.8 Å². The van der Waals surface area contributed by atoms with Crippen LogP contribution in [0.15, 0.2) is 36.5 Å². The second-order valence-corrected chi connectivity index (χ2v) is 21.8. The van der Waals surface area contributed by atoms with E-state index in [2.05, 4.69) is 43.5 Å². The molecule has 0 aliphatic rings. The van der Waals surface area contributed by atoms with Crippen molar-refractivity contribution in [2.75, 3.05) is 40.9 Å². The van der Waals surface area contributed by atoms with Crippen molar-refractivity contribution >= 4 is 13.7 Å². The van der Waals surface area contributed by atoms with Gasteiger partial charge in [-0.1, -0.05) is 243 Å². The summed E-state index contributed by atoms with van der Waals surface area (Å²) in [5.74, 6) is -0.175. The minimum absolute atomic E-state index is 0.0621. The van der Waals surface area contributed by atoms with Gasteiger partial charge in [0.05, 0.1) is 39.9 Å². The first-order valence-electron chi connectivity index (χ1n) is 27.9. The number of carbonyl (C=O) groups is 1. The van der Waals surface area contributed by atoms with Crippen LogP contribution in [0.2, 0.25) is 0 Å². The van der Waals surface area contributed by atoms with Crippen LogP contribution in [0.25, 0.3) is 0 Å². The molecule has 8 nitrogen and oxygen atoms in total. The molecule has 3 unspecified atom stereocenters. The quantitative estimate of drug-likeness (QED) is 0.0243. The molecular weight excluding hydrogens is 828 g/mol. The van der Waals surface area contributed by atoms with E-state index < -0.39 is 20.0 Å². The van der Waals surface area contributed by atoms with Gasteiger partial charge >= 0.3 is 7.82 Å². The lowest BCUT2D eigenvalue weighted by atomic mass is 10.0. The molecule has 0 aromatic carbocycles. The highest BCUT2D eigenvalue weighted by atomic mass is 31.2. The van der Waals surface area contributed by atoms with E-state index in [9.17, 15) is 19.4 Å². The monoisotopic (exact) mass is 938 g/mol. The number of nitrogens with zero attached hydrogens (tertiary/aromatic N) is 1. The van der Waals surface area contributed by atoms with Gasteiger partial charge in [0, 0.05) is 6.42 Å². The second kappa shape index (κ2) is 47.8. The molecule has 3 N–H and O–H groups in total. The topological polar surface area (TPSA) is 105 Å². The number of allylic oxidation sites excluding steroid dienone is 5. The smallest absolute Gasteiger partial charge is 0.387 e. The van der Waals surface area contributed by atoms with E-state index >= 15 is 0 Å². The highest BCUT2D eigenvalue weighted by molar-refractivity contribution is 7.47. The Morgan fingerprint density at radius 3 is 1.26 bits per heavy atom. The third-order valence-electron chi connectivity index (χ3n) is 12.6. The van der Waals surface area contributed by atoms with Crippen LogP contribution >= 0.6 is 7.82 Å². The molecule has 1 amide bonds. The van der Waals surface area contributed by atoms with Gasteiger partial charge in [0.1, 0.15) is 13.2 Å². The second-order valence-electron chi connectivity index (χ2n) is 20.3. The van der Waals surface area contributed by atoms with E-state index in [-0.39, 0.29) is 19.1 Å². The number of phosphoric acid groups is 1. The third-order valence-corrected chi connectivity index (χ3v) is 13.6. The Labute approximate surface area is 404 Å². The van der Waals surface area contributed by atoms with Gasteiger partial charge in [0.15, 0.2) is 0 Å². The minimum Gasteiger partial charge on any atom is -0.387 e. The highest BCUT2D eigenvalue weighted by Gasteiger charge is 2.27. The maximum Gasteiger partial charge on any atom is 0.472 e. The summed E-state index contributed by atoms with van der Waals surface area (Å²) < 4.78 is 23.7. The number of quaternary nitrogens is 1. The van der Waals surface area contributed by atoms with Gasteiger partial charge in [-0.3, -0.25) is 13.8 Å². The molecule has 384 valence electrons. The van der Waals surface area contributed by atoms with Gasteiger partial charge in [-0.05, 0) is 51.4 Å². The predicted octanol–water partition coefficient (Wildman–Crippen LogP) is 16.6. The van der Waals surface area contributed by atoms with Crippen molar-refractivity contribution in [2.45, 2.75) is 276 Å². The summed E-state index contributed by atoms with van der Waals surface area (Å²) in [6, 6.07) is -0.846. The number of unbranched alkanes of at least 4 members (excludes halogenated alkanes) is 34. The number of hydrogen-bond donors (Lipinski definition) is 3. The Bertz CT molecular complexity index is 1150. The van der Waals surface area contributed by atoms with Crippen molar-refractivity contribution in [1.82, 2.24) is 5.32 Å². The summed E-state index contributed by atoms with van der Waals surface area (Å²) in [6.45, 7) is 4.83. The zero-order valence-electron chi connectivity index (χ0n) is 43.7. The molecule has 0 saturated carbocycles. The van der Waals surface area contributed by atoms with E-state index in [1.165, 1.54) is 199 Å². The molecule has 0 spiro atoms. The first kappa shape index (κ1) is 63.7. The molecule has 0 fully saturated rings. The maximum absolute atomic E-state index is 13.0. The lowest BCUT2D eigenvalue weighted by Crippen LogP contribution is -2.45. The molecule has 0 radical (unpaired) electrons. The molecule has 0 aliphatic carbocycles. The first-order valence-corrected chi connectivity index (χ1v) is 29.4. The Morgan fingerprint density at radius 1 is 0.523 bits per heavy atom. The van der Waals surface area contributed by atoms with Gasteiger partial charge in [-0.25, -0.2) is 4.57 Å². The zero-order valence-corrected chi connectivity index (χ0v) is 44.6. The van der Waals surface area contributed by atoms with Crippen LogP contribution in [-0.2, 0) is 18.4 Å². The molecule has 3 atom stereocenters. The van der Waals surface area contributed by atoms with Crippen molar-refractivity contribution in [2.24, 2.45) is 0 Å². The van der Waals surface area contributed by atoms with Crippen molar-refractivity contribution in [3.8, 4) is 0 Å². The van der Waals surface area contributed by atoms with Crippen molar-refractivity contribution < 1.29 is 32.9 Å². The van der Waals surface area contributed by atoms with E-state index in [1.54, 1.807) is 6.08 Å². The van der Waals surface area contributed by atoms with E-state index in [0.717, 1.165) is 44.9 Å².